The van der Waals surface area contributed by atoms with Gasteiger partial charge in [0.1, 0.15) is 5.69 Å². The fraction of sp³-hybridized carbons (Fsp3) is 0.148. The molecule has 1 aliphatic heterocycles. The molecule has 8 nitrogen and oxygen atoms in total. The predicted molar refractivity (Wildman–Crippen MR) is 139 cm³/mol. The second-order valence-corrected chi connectivity index (χ2v) is 10.3. The van der Waals surface area contributed by atoms with Crippen molar-refractivity contribution in [3.05, 3.63) is 102 Å². The van der Waals surface area contributed by atoms with Crippen LogP contribution in [0.3, 0.4) is 0 Å². The zero-order valence-corrected chi connectivity index (χ0v) is 20.5. The fourth-order valence-corrected chi connectivity index (χ4v) is 5.06. The maximum Gasteiger partial charge on any atom is 0.251 e. The number of rotatable bonds is 7. The third kappa shape index (κ3) is 4.84. The molecule has 0 saturated heterocycles. The molecule has 0 atom stereocenters. The van der Waals surface area contributed by atoms with E-state index in [1.165, 1.54) is 19.2 Å². The Labute approximate surface area is 210 Å². The molecule has 3 heterocycles. The SMILES string of the molecule is CNS(=O)(=O)c1ccc2c(c1)CCN2C(=O)/C=C/c1cn(Cc2ccccc2)nc1-c1cccnc1. The van der Waals surface area contributed by atoms with Crippen molar-refractivity contribution in [2.75, 3.05) is 18.5 Å². The Morgan fingerprint density at radius 1 is 1.11 bits per heavy atom. The van der Waals surface area contributed by atoms with Gasteiger partial charge in [-0.05, 0) is 61.0 Å². The summed E-state index contributed by atoms with van der Waals surface area (Å²) < 4.78 is 28.4. The van der Waals surface area contributed by atoms with Crippen molar-refractivity contribution in [1.29, 1.82) is 0 Å². The van der Waals surface area contributed by atoms with Crippen molar-refractivity contribution in [2.45, 2.75) is 17.9 Å². The highest BCUT2D eigenvalue weighted by molar-refractivity contribution is 7.89. The van der Waals surface area contributed by atoms with Gasteiger partial charge in [0.2, 0.25) is 10.0 Å². The van der Waals surface area contributed by atoms with Gasteiger partial charge < -0.3 is 4.90 Å². The largest absolute Gasteiger partial charge is 0.308 e. The van der Waals surface area contributed by atoms with Gasteiger partial charge in [-0.25, -0.2) is 13.1 Å². The molecule has 5 rings (SSSR count). The van der Waals surface area contributed by atoms with Crippen LogP contribution in [0.25, 0.3) is 17.3 Å². The lowest BCUT2D eigenvalue weighted by Gasteiger charge is -2.15. The second kappa shape index (κ2) is 9.88. The molecule has 2 aromatic heterocycles. The first kappa shape index (κ1) is 23.7. The minimum Gasteiger partial charge on any atom is -0.308 e. The lowest BCUT2D eigenvalue weighted by molar-refractivity contribution is -0.114. The van der Waals surface area contributed by atoms with E-state index in [2.05, 4.69) is 9.71 Å². The summed E-state index contributed by atoms with van der Waals surface area (Å²) in [7, 11) is -2.16. The van der Waals surface area contributed by atoms with Gasteiger partial charge in [0, 0.05) is 48.0 Å². The summed E-state index contributed by atoms with van der Waals surface area (Å²) in [5, 5.41) is 4.77. The van der Waals surface area contributed by atoms with E-state index in [1.54, 1.807) is 35.5 Å². The zero-order valence-electron chi connectivity index (χ0n) is 19.7. The smallest absolute Gasteiger partial charge is 0.251 e. The van der Waals surface area contributed by atoms with E-state index in [4.69, 9.17) is 5.10 Å². The molecule has 0 saturated carbocycles. The van der Waals surface area contributed by atoms with Gasteiger partial charge in [-0.2, -0.15) is 5.10 Å². The van der Waals surface area contributed by atoms with Crippen molar-refractivity contribution >= 4 is 27.7 Å². The number of hydrogen-bond acceptors (Lipinski definition) is 5. The number of carbonyl (C=O) groups excluding carboxylic acids is 1. The van der Waals surface area contributed by atoms with E-state index in [0.29, 0.717) is 19.5 Å². The number of sulfonamides is 1. The standard InChI is InChI=1S/C27H25N5O3S/c1-28-36(34,35)24-10-11-25-21(16-24)13-15-32(25)26(33)12-9-23-19-31(18-20-6-3-2-4-7-20)30-27(23)22-8-5-14-29-17-22/h2-12,14,16-17,19,28H,13,15,18H2,1H3/b12-9+. The third-order valence-corrected chi connectivity index (χ3v) is 7.52. The molecule has 1 aliphatic rings. The summed E-state index contributed by atoms with van der Waals surface area (Å²) in [4.78, 5) is 19.2. The number of anilines is 1. The first-order valence-corrected chi connectivity index (χ1v) is 13.0. The van der Waals surface area contributed by atoms with Gasteiger partial charge in [-0.15, -0.1) is 0 Å². The minimum absolute atomic E-state index is 0.175. The summed E-state index contributed by atoms with van der Waals surface area (Å²) in [6, 6.07) is 18.7. The lowest BCUT2D eigenvalue weighted by Crippen LogP contribution is -2.26. The van der Waals surface area contributed by atoms with E-state index >= 15 is 0 Å². The first-order chi connectivity index (χ1) is 17.4. The monoisotopic (exact) mass is 499 g/mol. The number of fused-ring (bicyclic) bond motifs is 1. The molecule has 0 fully saturated rings. The molecule has 182 valence electrons. The molecule has 0 radical (unpaired) electrons. The van der Waals surface area contributed by atoms with E-state index in [1.807, 2.05) is 53.3 Å². The van der Waals surface area contributed by atoms with Gasteiger partial charge in [0.25, 0.3) is 5.91 Å². The van der Waals surface area contributed by atoms with Gasteiger partial charge in [0.15, 0.2) is 0 Å². The van der Waals surface area contributed by atoms with Crippen molar-refractivity contribution in [3.8, 4) is 11.3 Å². The van der Waals surface area contributed by atoms with Gasteiger partial charge in [-0.3, -0.25) is 14.5 Å². The quantitative estimate of drug-likeness (QED) is 0.393. The Hall–Kier alpha value is -4.08. The molecule has 1 N–H and O–H groups in total. The molecule has 1 amide bonds. The summed E-state index contributed by atoms with van der Waals surface area (Å²) in [5.74, 6) is -0.175. The molecule has 9 heteroatoms. The van der Waals surface area contributed by atoms with Crippen LogP contribution in [-0.2, 0) is 27.8 Å². The van der Waals surface area contributed by atoms with Crippen LogP contribution in [-0.4, -0.2) is 42.7 Å². The minimum atomic E-state index is -3.54. The molecule has 0 spiro atoms. The molecule has 4 aromatic rings. The highest BCUT2D eigenvalue weighted by atomic mass is 32.2. The van der Waals surface area contributed by atoms with E-state index in [0.717, 1.165) is 33.6 Å². The number of aromatic nitrogens is 3. The van der Waals surface area contributed by atoms with Gasteiger partial charge in [0.05, 0.1) is 11.4 Å². The van der Waals surface area contributed by atoms with Crippen LogP contribution in [0.5, 0.6) is 0 Å². The number of benzene rings is 2. The number of pyridine rings is 1. The van der Waals surface area contributed by atoms with Gasteiger partial charge in [-0.1, -0.05) is 30.3 Å². The normalized spacial score (nSPS) is 13.3. The highest BCUT2D eigenvalue weighted by Gasteiger charge is 2.25. The summed E-state index contributed by atoms with van der Waals surface area (Å²) >= 11 is 0. The molecular formula is C27H25N5O3S. The maximum absolute atomic E-state index is 13.1. The topological polar surface area (TPSA) is 97.2 Å². The molecule has 2 aromatic carbocycles. The number of nitrogens with one attached hydrogen (secondary N) is 1. The number of amides is 1. The van der Waals surface area contributed by atoms with Crippen molar-refractivity contribution in [3.63, 3.8) is 0 Å². The average molecular weight is 500 g/mol. The Morgan fingerprint density at radius 2 is 1.94 bits per heavy atom. The summed E-state index contributed by atoms with van der Waals surface area (Å²) in [6.07, 6.45) is 9.29. The Kier molecular flexibility index (Phi) is 6.49. The van der Waals surface area contributed by atoms with Crippen molar-refractivity contribution in [2.24, 2.45) is 0 Å². The Bertz CT molecular complexity index is 1530. The summed E-state index contributed by atoms with van der Waals surface area (Å²) in [6.45, 7) is 1.09. The van der Waals surface area contributed by atoms with Crippen LogP contribution < -0.4 is 9.62 Å². The molecular weight excluding hydrogens is 474 g/mol. The number of hydrogen-bond donors (Lipinski definition) is 1. The predicted octanol–water partition coefficient (Wildman–Crippen LogP) is 3.50. The van der Waals surface area contributed by atoms with Crippen LogP contribution in [0.4, 0.5) is 5.69 Å². The van der Waals surface area contributed by atoms with E-state index in [-0.39, 0.29) is 10.8 Å². The maximum atomic E-state index is 13.1. The second-order valence-electron chi connectivity index (χ2n) is 8.43. The first-order valence-electron chi connectivity index (χ1n) is 11.5. The number of carbonyl (C=O) groups is 1. The van der Waals surface area contributed by atoms with Crippen LogP contribution in [0.15, 0.2) is 90.2 Å². The highest BCUT2D eigenvalue weighted by Crippen LogP contribution is 2.31. The van der Waals surface area contributed by atoms with Crippen LogP contribution >= 0.6 is 0 Å². The Morgan fingerprint density at radius 3 is 2.69 bits per heavy atom. The third-order valence-electron chi connectivity index (χ3n) is 6.11. The fourth-order valence-electron chi connectivity index (χ4n) is 4.28. The molecule has 0 unspecified atom stereocenters. The van der Waals surface area contributed by atoms with Crippen LogP contribution in [0.1, 0.15) is 16.7 Å². The molecule has 36 heavy (non-hydrogen) atoms. The average Bonchev–Trinajstić information content (AvgIpc) is 3.52. The van der Waals surface area contributed by atoms with Crippen LogP contribution in [0.2, 0.25) is 0 Å². The number of nitrogens with zero attached hydrogens (tertiary/aromatic N) is 4. The van der Waals surface area contributed by atoms with E-state index < -0.39 is 10.0 Å². The van der Waals surface area contributed by atoms with Crippen molar-refractivity contribution in [1.82, 2.24) is 19.5 Å². The van der Waals surface area contributed by atoms with Crippen molar-refractivity contribution < 1.29 is 13.2 Å². The molecule has 0 bridgehead atoms. The van der Waals surface area contributed by atoms with E-state index in [9.17, 15) is 13.2 Å². The summed E-state index contributed by atoms with van der Waals surface area (Å²) in [5.41, 5.74) is 5.10. The van der Waals surface area contributed by atoms with Gasteiger partial charge >= 0.3 is 0 Å². The van der Waals surface area contributed by atoms with Crippen LogP contribution in [0, 0.1) is 0 Å². The Balaban J connectivity index is 1.41. The molecule has 0 aliphatic carbocycles. The lowest BCUT2D eigenvalue weighted by atomic mass is 10.1. The zero-order chi connectivity index (χ0) is 25.1.